The zero-order valence-corrected chi connectivity index (χ0v) is 15.5. The smallest absolute Gasteiger partial charge is 0.268 e. The number of benzene rings is 3. The molecule has 0 aliphatic heterocycles. The summed E-state index contributed by atoms with van der Waals surface area (Å²) in [7, 11) is -4.11. The Morgan fingerprint density at radius 2 is 1.42 bits per heavy atom. The minimum Gasteiger partial charge on any atom is -0.268 e. The average molecular weight is 386 g/mol. The van der Waals surface area contributed by atoms with Crippen LogP contribution in [0.15, 0.2) is 83.8 Å². The van der Waals surface area contributed by atoms with Gasteiger partial charge in [0.25, 0.3) is 15.9 Å². The number of nitrogens with zero attached hydrogens (tertiary/aromatic N) is 1. The Morgan fingerprint density at radius 1 is 0.846 bits per heavy atom. The molecule has 3 aromatic rings. The third kappa shape index (κ3) is 3.49. The van der Waals surface area contributed by atoms with Gasteiger partial charge in [-0.1, -0.05) is 59.6 Å². The van der Waals surface area contributed by atoms with Crippen molar-refractivity contribution in [3.63, 3.8) is 0 Å². The molecule has 0 radical (unpaired) electrons. The van der Waals surface area contributed by atoms with Gasteiger partial charge in [-0.15, -0.1) is 0 Å². The van der Waals surface area contributed by atoms with Crippen LogP contribution >= 0.6 is 11.6 Å². The van der Waals surface area contributed by atoms with Crippen molar-refractivity contribution in [1.82, 2.24) is 0 Å². The fraction of sp³-hybridized carbons (Fsp3) is 0.0500. The number of sulfonamides is 1. The van der Waals surface area contributed by atoms with Crippen molar-refractivity contribution in [2.75, 3.05) is 4.31 Å². The molecule has 0 saturated heterocycles. The van der Waals surface area contributed by atoms with Gasteiger partial charge >= 0.3 is 0 Å². The van der Waals surface area contributed by atoms with E-state index in [2.05, 4.69) is 0 Å². The van der Waals surface area contributed by atoms with E-state index in [1.807, 2.05) is 6.92 Å². The van der Waals surface area contributed by atoms with Gasteiger partial charge in [0, 0.05) is 0 Å². The predicted molar refractivity (Wildman–Crippen MR) is 103 cm³/mol. The summed E-state index contributed by atoms with van der Waals surface area (Å²) in [4.78, 5) is 13.2. The predicted octanol–water partition coefficient (Wildman–Crippen LogP) is 4.68. The molecule has 3 rings (SSSR count). The first-order valence-corrected chi connectivity index (χ1v) is 9.69. The van der Waals surface area contributed by atoms with Gasteiger partial charge in [-0.2, -0.15) is 4.31 Å². The van der Waals surface area contributed by atoms with Crippen LogP contribution in [0.3, 0.4) is 0 Å². The van der Waals surface area contributed by atoms with Crippen LogP contribution in [0.4, 0.5) is 5.69 Å². The highest BCUT2D eigenvalue weighted by Gasteiger charge is 2.32. The van der Waals surface area contributed by atoms with Crippen LogP contribution in [-0.4, -0.2) is 14.3 Å². The summed E-state index contributed by atoms with van der Waals surface area (Å²) < 4.78 is 27.2. The highest BCUT2D eigenvalue weighted by molar-refractivity contribution is 7.93. The molecule has 0 aromatic heterocycles. The number of halogens is 1. The highest BCUT2D eigenvalue weighted by atomic mass is 35.5. The molecule has 26 heavy (non-hydrogen) atoms. The van der Waals surface area contributed by atoms with E-state index in [4.69, 9.17) is 11.6 Å². The lowest BCUT2D eigenvalue weighted by Crippen LogP contribution is -2.37. The van der Waals surface area contributed by atoms with E-state index < -0.39 is 15.9 Å². The van der Waals surface area contributed by atoms with Crippen LogP contribution < -0.4 is 4.31 Å². The molecule has 6 heteroatoms. The van der Waals surface area contributed by atoms with Crippen LogP contribution in [0.25, 0.3) is 0 Å². The van der Waals surface area contributed by atoms with E-state index in [-0.39, 0.29) is 21.2 Å². The Labute approximate surface area is 157 Å². The largest absolute Gasteiger partial charge is 0.273 e. The summed E-state index contributed by atoms with van der Waals surface area (Å²) in [5.41, 5.74) is 1.33. The van der Waals surface area contributed by atoms with Crippen molar-refractivity contribution < 1.29 is 13.2 Å². The summed E-state index contributed by atoms with van der Waals surface area (Å²) in [6.07, 6.45) is 0. The van der Waals surface area contributed by atoms with Gasteiger partial charge in [0.05, 0.1) is 21.2 Å². The number of aryl methyl sites for hydroxylation is 1. The molecule has 0 fully saturated rings. The molecule has 0 unspecified atom stereocenters. The van der Waals surface area contributed by atoms with Crippen LogP contribution in [0.5, 0.6) is 0 Å². The van der Waals surface area contributed by atoms with Crippen LogP contribution in [0.1, 0.15) is 15.9 Å². The van der Waals surface area contributed by atoms with E-state index in [1.54, 1.807) is 60.7 Å². The standard InChI is InChI=1S/C20H16ClNO3S/c1-15-11-13-16(14-12-15)22(20(23)18-9-5-6-10-19(18)21)26(24,25)17-7-3-2-4-8-17/h2-14H,1H3. The van der Waals surface area contributed by atoms with Gasteiger partial charge in [-0.25, -0.2) is 8.42 Å². The number of rotatable bonds is 4. The summed E-state index contributed by atoms with van der Waals surface area (Å²) in [6.45, 7) is 1.88. The van der Waals surface area contributed by atoms with E-state index >= 15 is 0 Å². The van der Waals surface area contributed by atoms with Crippen molar-refractivity contribution in [1.29, 1.82) is 0 Å². The van der Waals surface area contributed by atoms with Gasteiger partial charge in [-0.3, -0.25) is 4.79 Å². The number of hydrogen-bond acceptors (Lipinski definition) is 3. The second-order valence-electron chi connectivity index (χ2n) is 5.70. The highest BCUT2D eigenvalue weighted by Crippen LogP contribution is 2.28. The van der Waals surface area contributed by atoms with Crippen molar-refractivity contribution in [2.45, 2.75) is 11.8 Å². The maximum atomic E-state index is 13.2. The average Bonchev–Trinajstić information content (AvgIpc) is 2.64. The zero-order chi connectivity index (χ0) is 18.7. The fourth-order valence-corrected chi connectivity index (χ4v) is 4.13. The topological polar surface area (TPSA) is 54.5 Å². The van der Waals surface area contributed by atoms with Gasteiger partial charge in [0.2, 0.25) is 0 Å². The normalized spacial score (nSPS) is 11.2. The number of carbonyl (C=O) groups excluding carboxylic acids is 1. The second kappa shape index (κ2) is 7.32. The van der Waals surface area contributed by atoms with Crippen LogP contribution in [-0.2, 0) is 10.0 Å². The Morgan fingerprint density at radius 3 is 2.04 bits per heavy atom. The Bertz CT molecular complexity index is 1030. The first kappa shape index (κ1) is 18.2. The molecule has 3 aromatic carbocycles. The summed E-state index contributed by atoms with van der Waals surface area (Å²) in [5.74, 6) is -0.705. The third-order valence-corrected chi connectivity index (χ3v) is 5.89. The summed E-state index contributed by atoms with van der Waals surface area (Å²) in [5, 5.41) is 0.192. The van der Waals surface area contributed by atoms with Gasteiger partial charge < -0.3 is 0 Å². The fourth-order valence-electron chi connectivity index (χ4n) is 2.49. The molecular formula is C20H16ClNO3S. The Kier molecular flexibility index (Phi) is 5.11. The number of amides is 1. The van der Waals surface area contributed by atoms with Gasteiger partial charge in [-0.05, 0) is 43.3 Å². The van der Waals surface area contributed by atoms with Crippen molar-refractivity contribution in [3.8, 4) is 0 Å². The summed E-state index contributed by atoms with van der Waals surface area (Å²) >= 11 is 6.13. The molecule has 0 N–H and O–H groups in total. The molecule has 0 spiro atoms. The Balaban J connectivity index is 2.19. The molecule has 0 heterocycles. The lowest BCUT2D eigenvalue weighted by atomic mass is 10.2. The van der Waals surface area contributed by atoms with E-state index in [0.29, 0.717) is 0 Å². The third-order valence-electron chi connectivity index (χ3n) is 3.84. The van der Waals surface area contributed by atoms with E-state index in [9.17, 15) is 13.2 Å². The van der Waals surface area contributed by atoms with E-state index in [1.165, 1.54) is 18.2 Å². The minimum absolute atomic E-state index is 0.0287. The molecule has 4 nitrogen and oxygen atoms in total. The second-order valence-corrected chi connectivity index (χ2v) is 7.90. The number of carbonyl (C=O) groups is 1. The Hall–Kier alpha value is -2.63. The number of anilines is 1. The maximum Gasteiger partial charge on any atom is 0.273 e. The van der Waals surface area contributed by atoms with Crippen LogP contribution in [0, 0.1) is 6.92 Å². The van der Waals surface area contributed by atoms with Crippen molar-refractivity contribution >= 4 is 33.2 Å². The summed E-state index contributed by atoms with van der Waals surface area (Å²) in [6, 6.07) is 20.9. The van der Waals surface area contributed by atoms with Crippen molar-refractivity contribution in [3.05, 3.63) is 95.0 Å². The first-order chi connectivity index (χ1) is 12.4. The maximum absolute atomic E-state index is 13.2. The zero-order valence-electron chi connectivity index (χ0n) is 14.0. The molecule has 0 aliphatic rings. The molecule has 132 valence electrons. The molecule has 0 saturated carbocycles. The SMILES string of the molecule is Cc1ccc(N(C(=O)c2ccccc2Cl)S(=O)(=O)c2ccccc2)cc1. The van der Waals surface area contributed by atoms with Gasteiger partial charge in [0.15, 0.2) is 0 Å². The quantitative estimate of drug-likeness (QED) is 0.655. The molecule has 0 aliphatic carbocycles. The number of hydrogen-bond donors (Lipinski definition) is 0. The van der Waals surface area contributed by atoms with Crippen LogP contribution in [0.2, 0.25) is 5.02 Å². The monoisotopic (exact) mass is 385 g/mol. The first-order valence-electron chi connectivity index (χ1n) is 7.87. The molecular weight excluding hydrogens is 370 g/mol. The van der Waals surface area contributed by atoms with E-state index in [0.717, 1.165) is 9.87 Å². The lowest BCUT2D eigenvalue weighted by molar-refractivity contribution is 0.101. The van der Waals surface area contributed by atoms with Crippen molar-refractivity contribution in [2.24, 2.45) is 0 Å². The molecule has 0 bridgehead atoms. The molecule has 1 amide bonds. The molecule has 0 atom stereocenters. The lowest BCUT2D eigenvalue weighted by Gasteiger charge is -2.23. The minimum atomic E-state index is -4.11. The van der Waals surface area contributed by atoms with Gasteiger partial charge in [0.1, 0.15) is 0 Å².